The number of para-hydroxylation sites is 2. The van der Waals surface area contributed by atoms with E-state index >= 15 is 0 Å². The topological polar surface area (TPSA) is 50.4 Å². The average molecular weight is 276 g/mol. The first-order chi connectivity index (χ1) is 9.66. The number of ether oxygens (including phenoxy) is 1. The third-order valence-corrected chi connectivity index (χ3v) is 3.38. The minimum Gasteiger partial charge on any atom is -0.491 e. The Morgan fingerprint density at radius 3 is 2.95 bits per heavy atom. The van der Waals surface area contributed by atoms with E-state index in [4.69, 9.17) is 4.74 Å². The van der Waals surface area contributed by atoms with Gasteiger partial charge in [-0.05, 0) is 37.4 Å². The number of piperidine rings is 1. The Balaban J connectivity index is 1.98. The summed E-state index contributed by atoms with van der Waals surface area (Å²) in [6.45, 7) is 6.64. The van der Waals surface area contributed by atoms with Crippen molar-refractivity contribution in [3.63, 3.8) is 0 Å². The molecule has 2 N–H and O–H groups in total. The molecule has 1 aliphatic heterocycles. The fourth-order valence-electron chi connectivity index (χ4n) is 2.26. The average Bonchev–Trinajstić information content (AvgIpc) is 2.47. The lowest BCUT2D eigenvalue weighted by atomic mass is 9.99. The smallest absolute Gasteiger partial charge is 0.228 e. The van der Waals surface area contributed by atoms with Gasteiger partial charge in [0.1, 0.15) is 5.75 Å². The normalized spacial score (nSPS) is 18.9. The highest BCUT2D eigenvalue weighted by Crippen LogP contribution is 2.25. The number of benzene rings is 1. The summed E-state index contributed by atoms with van der Waals surface area (Å²) in [4.78, 5) is 12.3. The molecule has 1 atom stereocenters. The van der Waals surface area contributed by atoms with E-state index in [1.165, 1.54) is 0 Å². The van der Waals surface area contributed by atoms with Crippen LogP contribution in [0.3, 0.4) is 0 Å². The highest BCUT2D eigenvalue weighted by atomic mass is 16.5. The molecule has 1 aliphatic rings. The van der Waals surface area contributed by atoms with Crippen molar-refractivity contribution in [3.05, 3.63) is 24.3 Å². The van der Waals surface area contributed by atoms with E-state index in [9.17, 15) is 4.79 Å². The molecule has 0 aliphatic carbocycles. The van der Waals surface area contributed by atoms with Crippen LogP contribution in [-0.4, -0.2) is 25.6 Å². The zero-order chi connectivity index (χ0) is 14.4. The van der Waals surface area contributed by atoms with Gasteiger partial charge in [0.15, 0.2) is 0 Å². The Morgan fingerprint density at radius 1 is 1.45 bits per heavy atom. The number of rotatable bonds is 5. The Labute approximate surface area is 120 Å². The van der Waals surface area contributed by atoms with Crippen molar-refractivity contribution >= 4 is 11.6 Å². The number of hydrogen-bond acceptors (Lipinski definition) is 3. The first-order valence-electron chi connectivity index (χ1n) is 7.40. The maximum atomic E-state index is 12.3. The van der Waals surface area contributed by atoms with Crippen LogP contribution < -0.4 is 15.4 Å². The van der Waals surface area contributed by atoms with Gasteiger partial charge in [-0.2, -0.15) is 0 Å². The summed E-state index contributed by atoms with van der Waals surface area (Å²) in [6, 6.07) is 7.63. The standard InChI is InChI=1S/C16H24N2O2/c1-12(2)11-20-15-8-4-3-7-14(15)18-16(19)13-6-5-9-17-10-13/h3-4,7-8,12-13,17H,5-6,9-11H2,1-2H3,(H,18,19)/t13-/m0/s1. The lowest BCUT2D eigenvalue weighted by molar-refractivity contribution is -0.120. The van der Waals surface area contributed by atoms with E-state index < -0.39 is 0 Å². The molecule has 0 aromatic heterocycles. The Morgan fingerprint density at radius 2 is 2.25 bits per heavy atom. The van der Waals surface area contributed by atoms with Crippen LogP contribution in [0.4, 0.5) is 5.69 Å². The molecule has 0 radical (unpaired) electrons. The number of carbonyl (C=O) groups is 1. The fourth-order valence-corrected chi connectivity index (χ4v) is 2.26. The molecule has 110 valence electrons. The molecule has 1 saturated heterocycles. The summed E-state index contributed by atoms with van der Waals surface area (Å²) in [5.74, 6) is 1.35. The zero-order valence-corrected chi connectivity index (χ0v) is 12.3. The van der Waals surface area contributed by atoms with E-state index in [2.05, 4.69) is 24.5 Å². The van der Waals surface area contributed by atoms with Gasteiger partial charge in [-0.3, -0.25) is 4.79 Å². The van der Waals surface area contributed by atoms with Gasteiger partial charge < -0.3 is 15.4 Å². The van der Waals surface area contributed by atoms with E-state index in [1.54, 1.807) is 0 Å². The Bertz CT molecular complexity index is 440. The minimum atomic E-state index is 0.0573. The van der Waals surface area contributed by atoms with Gasteiger partial charge in [-0.15, -0.1) is 0 Å². The summed E-state index contributed by atoms with van der Waals surface area (Å²) in [7, 11) is 0. The highest BCUT2D eigenvalue weighted by molar-refractivity contribution is 5.94. The van der Waals surface area contributed by atoms with Gasteiger partial charge in [0.25, 0.3) is 0 Å². The van der Waals surface area contributed by atoms with Crippen molar-refractivity contribution in [1.29, 1.82) is 0 Å². The fraction of sp³-hybridized carbons (Fsp3) is 0.562. The second-order valence-electron chi connectivity index (χ2n) is 5.73. The molecular weight excluding hydrogens is 252 g/mol. The van der Waals surface area contributed by atoms with Gasteiger partial charge >= 0.3 is 0 Å². The molecule has 1 fully saturated rings. The number of hydrogen-bond donors (Lipinski definition) is 2. The number of amides is 1. The number of anilines is 1. The SMILES string of the molecule is CC(C)COc1ccccc1NC(=O)[C@H]1CCCNC1. The molecule has 1 aromatic carbocycles. The zero-order valence-electron chi connectivity index (χ0n) is 12.3. The molecular formula is C16H24N2O2. The summed E-state index contributed by atoms with van der Waals surface area (Å²) in [5.41, 5.74) is 0.767. The van der Waals surface area contributed by atoms with Gasteiger partial charge in [-0.25, -0.2) is 0 Å². The van der Waals surface area contributed by atoms with Gasteiger partial charge in [-0.1, -0.05) is 26.0 Å². The second-order valence-corrected chi connectivity index (χ2v) is 5.73. The van der Waals surface area contributed by atoms with Gasteiger partial charge in [0.2, 0.25) is 5.91 Å². The van der Waals surface area contributed by atoms with Crippen LogP contribution in [0.5, 0.6) is 5.75 Å². The number of nitrogens with one attached hydrogen (secondary N) is 2. The van der Waals surface area contributed by atoms with Crippen molar-refractivity contribution in [1.82, 2.24) is 5.32 Å². The van der Waals surface area contributed by atoms with Crippen LogP contribution >= 0.6 is 0 Å². The molecule has 1 aromatic rings. The quantitative estimate of drug-likeness (QED) is 0.869. The van der Waals surface area contributed by atoms with Crippen LogP contribution in [0.15, 0.2) is 24.3 Å². The van der Waals surface area contributed by atoms with Gasteiger partial charge in [0, 0.05) is 6.54 Å². The first-order valence-corrected chi connectivity index (χ1v) is 7.40. The Kier molecular flexibility index (Phi) is 5.41. The predicted octanol–water partition coefficient (Wildman–Crippen LogP) is 2.66. The molecule has 0 bridgehead atoms. The van der Waals surface area contributed by atoms with Gasteiger partial charge in [0.05, 0.1) is 18.2 Å². The van der Waals surface area contributed by atoms with Crippen LogP contribution in [0.25, 0.3) is 0 Å². The largest absolute Gasteiger partial charge is 0.491 e. The van der Waals surface area contributed by atoms with Crippen LogP contribution in [0.2, 0.25) is 0 Å². The molecule has 20 heavy (non-hydrogen) atoms. The van der Waals surface area contributed by atoms with Crippen LogP contribution in [0, 0.1) is 11.8 Å². The van der Waals surface area contributed by atoms with E-state index in [0.29, 0.717) is 12.5 Å². The summed E-state index contributed by atoms with van der Waals surface area (Å²) in [6.07, 6.45) is 2.01. The minimum absolute atomic E-state index is 0.0573. The molecule has 0 unspecified atom stereocenters. The van der Waals surface area contributed by atoms with Crippen molar-refractivity contribution in [3.8, 4) is 5.75 Å². The third-order valence-electron chi connectivity index (χ3n) is 3.38. The molecule has 2 rings (SSSR count). The van der Waals surface area contributed by atoms with Crippen LogP contribution in [-0.2, 0) is 4.79 Å². The maximum Gasteiger partial charge on any atom is 0.228 e. The van der Waals surface area contributed by atoms with Crippen molar-refractivity contribution in [2.75, 3.05) is 25.0 Å². The third kappa shape index (κ3) is 4.23. The molecule has 0 spiro atoms. The van der Waals surface area contributed by atoms with Crippen molar-refractivity contribution in [2.24, 2.45) is 11.8 Å². The second kappa shape index (κ2) is 7.29. The van der Waals surface area contributed by atoms with E-state index in [1.807, 2.05) is 24.3 Å². The lowest BCUT2D eigenvalue weighted by Gasteiger charge is -2.22. The van der Waals surface area contributed by atoms with E-state index in [-0.39, 0.29) is 11.8 Å². The molecule has 4 heteroatoms. The summed E-state index contributed by atoms with van der Waals surface area (Å²) in [5, 5.41) is 6.26. The molecule has 4 nitrogen and oxygen atoms in total. The van der Waals surface area contributed by atoms with Crippen molar-refractivity contribution in [2.45, 2.75) is 26.7 Å². The summed E-state index contributed by atoms with van der Waals surface area (Å²) < 4.78 is 5.76. The van der Waals surface area contributed by atoms with Crippen LogP contribution in [0.1, 0.15) is 26.7 Å². The predicted molar refractivity (Wildman–Crippen MR) is 81.0 cm³/mol. The maximum absolute atomic E-state index is 12.3. The molecule has 1 heterocycles. The van der Waals surface area contributed by atoms with E-state index in [0.717, 1.165) is 37.4 Å². The molecule has 0 saturated carbocycles. The highest BCUT2D eigenvalue weighted by Gasteiger charge is 2.21. The number of carbonyl (C=O) groups excluding carboxylic acids is 1. The first kappa shape index (κ1) is 14.9. The monoisotopic (exact) mass is 276 g/mol. The van der Waals surface area contributed by atoms with Crippen molar-refractivity contribution < 1.29 is 9.53 Å². The Hall–Kier alpha value is -1.55. The molecule has 1 amide bonds. The summed E-state index contributed by atoms with van der Waals surface area (Å²) >= 11 is 0. The lowest BCUT2D eigenvalue weighted by Crippen LogP contribution is -2.37.